The van der Waals surface area contributed by atoms with Gasteiger partial charge >= 0.3 is 0 Å². The number of carbonyl (C=O) groups is 1. The lowest BCUT2D eigenvalue weighted by Crippen LogP contribution is -2.15. The van der Waals surface area contributed by atoms with E-state index in [1.54, 1.807) is 30.3 Å². The van der Waals surface area contributed by atoms with Gasteiger partial charge in [-0.05, 0) is 59.4 Å². The fourth-order valence-corrected chi connectivity index (χ4v) is 4.53. The first-order chi connectivity index (χ1) is 16.5. The van der Waals surface area contributed by atoms with Gasteiger partial charge in [0.1, 0.15) is 11.5 Å². The molecule has 35 heavy (non-hydrogen) atoms. The van der Waals surface area contributed by atoms with E-state index in [-0.39, 0.29) is 16.2 Å². The molecule has 0 aromatic heterocycles. The molecule has 186 valence electrons. The summed E-state index contributed by atoms with van der Waals surface area (Å²) in [5.41, 5.74) is 3.25. The number of carbonyl (C=O) groups excluding carboxylic acids is 1. The summed E-state index contributed by atoms with van der Waals surface area (Å²) in [7, 11) is -0.888. The Labute approximate surface area is 207 Å². The van der Waals surface area contributed by atoms with E-state index in [4.69, 9.17) is 9.47 Å². The van der Waals surface area contributed by atoms with E-state index in [1.165, 1.54) is 31.9 Å². The van der Waals surface area contributed by atoms with Crippen LogP contribution in [0.2, 0.25) is 0 Å². The summed E-state index contributed by atoms with van der Waals surface area (Å²) in [4.78, 5) is 12.5. The van der Waals surface area contributed by atoms with Crippen LogP contribution in [0.5, 0.6) is 11.5 Å². The van der Waals surface area contributed by atoms with Crippen molar-refractivity contribution in [2.24, 2.45) is 0 Å². The monoisotopic (exact) mass is 496 g/mol. The third-order valence-electron chi connectivity index (χ3n) is 5.56. The Kier molecular flexibility index (Phi) is 8.07. The Hall–Kier alpha value is -3.52. The molecule has 0 heterocycles. The SMILES string of the molecule is COc1ccc(NS(=O)(=O)c2ccc(NC(=O)CCc3ccc(C(C)(C)C)cc3)cc2)c(OC)c1. The van der Waals surface area contributed by atoms with Gasteiger partial charge in [-0.1, -0.05) is 45.0 Å². The number of methoxy groups -OCH3 is 2. The minimum Gasteiger partial charge on any atom is -0.497 e. The molecule has 0 fully saturated rings. The quantitative estimate of drug-likeness (QED) is 0.415. The van der Waals surface area contributed by atoms with Gasteiger partial charge in [0.25, 0.3) is 10.0 Å². The molecule has 0 saturated carbocycles. The largest absolute Gasteiger partial charge is 0.497 e. The van der Waals surface area contributed by atoms with Crippen molar-refractivity contribution < 1.29 is 22.7 Å². The van der Waals surface area contributed by atoms with E-state index in [9.17, 15) is 13.2 Å². The van der Waals surface area contributed by atoms with Crippen LogP contribution in [0.3, 0.4) is 0 Å². The number of rotatable bonds is 9. The van der Waals surface area contributed by atoms with Gasteiger partial charge in [-0.25, -0.2) is 8.42 Å². The molecule has 7 nitrogen and oxygen atoms in total. The van der Waals surface area contributed by atoms with Gasteiger partial charge in [0.05, 0.1) is 24.8 Å². The number of amides is 1. The van der Waals surface area contributed by atoms with Crippen LogP contribution in [0.15, 0.2) is 71.6 Å². The summed E-state index contributed by atoms with van der Waals surface area (Å²) < 4.78 is 38.5. The second kappa shape index (κ2) is 10.8. The van der Waals surface area contributed by atoms with Crippen molar-refractivity contribution in [1.29, 1.82) is 0 Å². The highest BCUT2D eigenvalue weighted by Gasteiger charge is 2.17. The Morgan fingerprint density at radius 1 is 0.886 bits per heavy atom. The summed E-state index contributed by atoms with van der Waals surface area (Å²) in [5.74, 6) is 0.748. The summed E-state index contributed by atoms with van der Waals surface area (Å²) in [6.07, 6.45) is 0.948. The van der Waals surface area contributed by atoms with E-state index in [1.807, 2.05) is 0 Å². The Bertz CT molecular complexity index is 1260. The summed E-state index contributed by atoms with van der Waals surface area (Å²) in [6.45, 7) is 6.49. The number of hydrogen-bond donors (Lipinski definition) is 2. The van der Waals surface area contributed by atoms with E-state index < -0.39 is 10.0 Å². The first-order valence-electron chi connectivity index (χ1n) is 11.3. The molecule has 3 aromatic carbocycles. The van der Waals surface area contributed by atoms with Crippen molar-refractivity contribution >= 4 is 27.3 Å². The lowest BCUT2D eigenvalue weighted by Gasteiger charge is -2.19. The lowest BCUT2D eigenvalue weighted by molar-refractivity contribution is -0.116. The highest BCUT2D eigenvalue weighted by atomic mass is 32.2. The van der Waals surface area contributed by atoms with Gasteiger partial charge in [-0.3, -0.25) is 9.52 Å². The molecule has 0 aliphatic carbocycles. The van der Waals surface area contributed by atoms with Gasteiger partial charge in [-0.2, -0.15) is 0 Å². The third-order valence-corrected chi connectivity index (χ3v) is 6.94. The molecule has 0 bridgehead atoms. The van der Waals surface area contributed by atoms with E-state index in [0.717, 1.165) is 5.56 Å². The molecule has 0 atom stereocenters. The molecule has 2 N–H and O–H groups in total. The topological polar surface area (TPSA) is 93.7 Å². The standard InChI is InChI=1S/C27H32N2O5S/c1-27(2,3)20-9-6-19(7-10-20)8-17-26(30)28-21-11-14-23(15-12-21)35(31,32)29-24-16-13-22(33-4)18-25(24)34-5/h6-7,9-16,18,29H,8,17H2,1-5H3,(H,28,30). The van der Waals surface area contributed by atoms with E-state index >= 15 is 0 Å². The average Bonchev–Trinajstić information content (AvgIpc) is 2.83. The van der Waals surface area contributed by atoms with Crippen LogP contribution in [0.1, 0.15) is 38.3 Å². The molecule has 0 aliphatic rings. The second-order valence-electron chi connectivity index (χ2n) is 9.19. The van der Waals surface area contributed by atoms with Gasteiger partial charge in [0.2, 0.25) is 5.91 Å². The van der Waals surface area contributed by atoms with E-state index in [2.05, 4.69) is 55.1 Å². The van der Waals surface area contributed by atoms with Crippen molar-refractivity contribution in [2.45, 2.75) is 43.9 Å². The van der Waals surface area contributed by atoms with Gasteiger partial charge in [0, 0.05) is 18.2 Å². The molecule has 0 aliphatic heterocycles. The zero-order valence-corrected chi connectivity index (χ0v) is 21.5. The maximum absolute atomic E-state index is 12.8. The predicted molar refractivity (Wildman–Crippen MR) is 139 cm³/mol. The zero-order valence-electron chi connectivity index (χ0n) is 20.7. The van der Waals surface area contributed by atoms with Crippen LogP contribution in [0.4, 0.5) is 11.4 Å². The molecule has 0 unspecified atom stereocenters. The molecular formula is C27H32N2O5S. The van der Waals surface area contributed by atoms with Crippen molar-refractivity contribution in [3.63, 3.8) is 0 Å². The molecule has 0 saturated heterocycles. The number of aryl methyl sites for hydroxylation is 1. The van der Waals surface area contributed by atoms with Crippen molar-refractivity contribution in [1.82, 2.24) is 0 Å². The third kappa shape index (κ3) is 6.99. The first-order valence-corrected chi connectivity index (χ1v) is 12.7. The van der Waals surface area contributed by atoms with Crippen molar-refractivity contribution in [3.8, 4) is 11.5 Å². The smallest absolute Gasteiger partial charge is 0.262 e. The molecule has 1 amide bonds. The normalized spacial score (nSPS) is 11.6. The molecule has 3 rings (SSSR count). The molecule has 3 aromatic rings. The Balaban J connectivity index is 1.59. The van der Waals surface area contributed by atoms with Crippen LogP contribution < -0.4 is 19.5 Å². The van der Waals surface area contributed by atoms with Crippen LogP contribution >= 0.6 is 0 Å². The van der Waals surface area contributed by atoms with Crippen LogP contribution in [0, 0.1) is 0 Å². The Morgan fingerprint density at radius 2 is 1.54 bits per heavy atom. The van der Waals surface area contributed by atoms with Gasteiger partial charge in [-0.15, -0.1) is 0 Å². The maximum Gasteiger partial charge on any atom is 0.262 e. The summed E-state index contributed by atoms with van der Waals surface area (Å²) in [5, 5.41) is 2.82. The highest BCUT2D eigenvalue weighted by Crippen LogP contribution is 2.31. The zero-order chi connectivity index (χ0) is 25.6. The fourth-order valence-electron chi connectivity index (χ4n) is 3.46. The number of ether oxygens (including phenoxy) is 2. The Morgan fingerprint density at radius 3 is 2.11 bits per heavy atom. The number of benzene rings is 3. The van der Waals surface area contributed by atoms with Crippen molar-refractivity contribution in [3.05, 3.63) is 77.9 Å². The molecule has 0 spiro atoms. The lowest BCUT2D eigenvalue weighted by atomic mass is 9.86. The molecule has 0 radical (unpaired) electrons. The first kappa shape index (κ1) is 26.1. The van der Waals surface area contributed by atoms with Crippen LogP contribution in [-0.2, 0) is 26.7 Å². The van der Waals surface area contributed by atoms with Gasteiger partial charge < -0.3 is 14.8 Å². The van der Waals surface area contributed by atoms with E-state index in [0.29, 0.717) is 35.7 Å². The maximum atomic E-state index is 12.8. The van der Waals surface area contributed by atoms with Crippen LogP contribution in [0.25, 0.3) is 0 Å². The molecular weight excluding hydrogens is 464 g/mol. The van der Waals surface area contributed by atoms with Gasteiger partial charge in [0.15, 0.2) is 0 Å². The van der Waals surface area contributed by atoms with Crippen LogP contribution in [-0.4, -0.2) is 28.5 Å². The predicted octanol–water partition coefficient (Wildman–Crippen LogP) is 5.37. The second-order valence-corrected chi connectivity index (χ2v) is 10.9. The number of anilines is 2. The van der Waals surface area contributed by atoms with Crippen molar-refractivity contribution in [2.75, 3.05) is 24.3 Å². The average molecular weight is 497 g/mol. The molecule has 8 heteroatoms. The number of nitrogens with one attached hydrogen (secondary N) is 2. The minimum absolute atomic E-state index is 0.0623. The number of hydrogen-bond acceptors (Lipinski definition) is 5. The highest BCUT2D eigenvalue weighted by molar-refractivity contribution is 7.92. The minimum atomic E-state index is -3.85. The summed E-state index contributed by atoms with van der Waals surface area (Å²) >= 11 is 0. The summed E-state index contributed by atoms with van der Waals surface area (Å²) in [6, 6.07) is 19.1. The fraction of sp³-hybridized carbons (Fsp3) is 0.296. The number of sulfonamides is 1.